The number of ketones is 1. The molecule has 0 spiro atoms. The molecule has 3 aromatic rings. The van der Waals surface area contributed by atoms with E-state index >= 15 is 0 Å². The summed E-state index contributed by atoms with van der Waals surface area (Å²) in [6, 6.07) is 12.8. The fourth-order valence-corrected chi connectivity index (χ4v) is 4.51. The second-order valence-corrected chi connectivity index (χ2v) is 9.46. The van der Waals surface area contributed by atoms with E-state index in [0.717, 1.165) is 24.0 Å². The number of aromatic nitrogens is 1. The maximum absolute atomic E-state index is 13.3. The summed E-state index contributed by atoms with van der Waals surface area (Å²) in [4.78, 5) is 32.0. The number of aliphatic hydroxyl groups excluding tert-OH is 1. The number of pyridine rings is 1. The van der Waals surface area contributed by atoms with Crippen LogP contribution < -0.4 is 4.74 Å². The number of nitrogens with zero attached hydrogens (tertiary/aromatic N) is 2. The van der Waals surface area contributed by atoms with Crippen molar-refractivity contribution in [2.75, 3.05) is 6.61 Å². The highest BCUT2D eigenvalue weighted by Gasteiger charge is 2.46. The molecule has 1 fully saturated rings. The zero-order chi connectivity index (χ0) is 25.8. The molecule has 4 rings (SSSR count). The van der Waals surface area contributed by atoms with Crippen molar-refractivity contribution >= 4 is 40.7 Å². The Balaban J connectivity index is 1.80. The Morgan fingerprint density at radius 3 is 2.58 bits per heavy atom. The number of rotatable bonds is 8. The van der Waals surface area contributed by atoms with E-state index < -0.39 is 17.7 Å². The Kier molecular flexibility index (Phi) is 7.97. The molecular weight excluding hydrogens is 499 g/mol. The van der Waals surface area contributed by atoms with Crippen LogP contribution in [0.15, 0.2) is 66.5 Å². The van der Waals surface area contributed by atoms with Crippen molar-refractivity contribution in [3.63, 3.8) is 0 Å². The third-order valence-electron chi connectivity index (χ3n) is 6.08. The molecule has 1 aliphatic rings. The summed E-state index contributed by atoms with van der Waals surface area (Å²) in [5, 5.41) is 12.0. The van der Waals surface area contributed by atoms with Crippen LogP contribution in [-0.4, -0.2) is 33.3 Å². The van der Waals surface area contributed by atoms with E-state index in [2.05, 4.69) is 11.9 Å². The Hall–Kier alpha value is -3.35. The van der Waals surface area contributed by atoms with Gasteiger partial charge in [-0.15, -0.1) is 0 Å². The Morgan fingerprint density at radius 2 is 1.92 bits per heavy atom. The van der Waals surface area contributed by atoms with E-state index in [9.17, 15) is 14.7 Å². The Morgan fingerprint density at radius 1 is 1.11 bits per heavy atom. The number of ether oxygens (including phenoxy) is 1. The van der Waals surface area contributed by atoms with Crippen LogP contribution in [0.2, 0.25) is 10.0 Å². The lowest BCUT2D eigenvalue weighted by Crippen LogP contribution is -2.29. The molecule has 0 aliphatic carbocycles. The van der Waals surface area contributed by atoms with Crippen LogP contribution in [0.25, 0.3) is 5.76 Å². The van der Waals surface area contributed by atoms with Crippen molar-refractivity contribution in [2.24, 2.45) is 0 Å². The van der Waals surface area contributed by atoms with Gasteiger partial charge in [0.25, 0.3) is 11.7 Å². The van der Waals surface area contributed by atoms with E-state index in [1.54, 1.807) is 54.9 Å². The molecule has 36 heavy (non-hydrogen) atoms. The van der Waals surface area contributed by atoms with Crippen molar-refractivity contribution < 1.29 is 19.4 Å². The zero-order valence-corrected chi connectivity index (χ0v) is 21.5. The number of halogens is 2. The fraction of sp³-hybridized carbons (Fsp3) is 0.250. The molecule has 6 nitrogen and oxygen atoms in total. The van der Waals surface area contributed by atoms with E-state index in [0.29, 0.717) is 28.5 Å². The number of aliphatic hydroxyl groups is 1. The normalized spacial score (nSPS) is 17.0. The number of Topliss-reactive ketones (excluding diaryl/α,β-unsaturated/α-hetero) is 1. The summed E-state index contributed by atoms with van der Waals surface area (Å²) in [6.07, 6.45) is 5.22. The summed E-state index contributed by atoms with van der Waals surface area (Å²) in [5.41, 5.74) is 2.52. The summed E-state index contributed by atoms with van der Waals surface area (Å²) in [7, 11) is 0. The number of aryl methyl sites for hydroxylation is 1. The number of likely N-dealkylation sites (tertiary alicyclic amines) is 1. The number of carbonyl (C=O) groups is 2. The first-order chi connectivity index (χ1) is 17.3. The number of carbonyl (C=O) groups excluding carboxylic acids is 2. The average molecular weight is 525 g/mol. The van der Waals surface area contributed by atoms with Gasteiger partial charge >= 0.3 is 0 Å². The maximum Gasteiger partial charge on any atom is 0.295 e. The van der Waals surface area contributed by atoms with Crippen molar-refractivity contribution in [2.45, 2.75) is 39.3 Å². The Labute approximate surface area is 220 Å². The highest BCUT2D eigenvalue weighted by Crippen LogP contribution is 2.42. The molecule has 8 heteroatoms. The van der Waals surface area contributed by atoms with Gasteiger partial charge < -0.3 is 14.7 Å². The molecule has 0 unspecified atom stereocenters. The van der Waals surface area contributed by atoms with Gasteiger partial charge in [-0.1, -0.05) is 48.7 Å². The summed E-state index contributed by atoms with van der Waals surface area (Å²) in [6.45, 7) is 4.68. The van der Waals surface area contributed by atoms with Crippen LogP contribution in [0.1, 0.15) is 48.1 Å². The predicted octanol–water partition coefficient (Wildman–Crippen LogP) is 6.50. The van der Waals surface area contributed by atoms with Gasteiger partial charge in [-0.05, 0) is 66.4 Å². The standard InChI is InChI=1S/C28H26Cl2N2O4/c1-3-4-12-36-23-10-8-20(13-17(23)2)26(33)24-25(19-7-9-21(29)22(30)14-19)32(28(35)27(24)34)16-18-6-5-11-31-15-18/h5-11,13-15,25,33H,3-4,12,16H2,1-2H3/t25-/m0/s1. The Bertz CT molecular complexity index is 1320. The number of amides is 1. The van der Waals surface area contributed by atoms with Gasteiger partial charge in [0.05, 0.1) is 28.3 Å². The molecule has 0 saturated carbocycles. The van der Waals surface area contributed by atoms with Gasteiger partial charge in [-0.2, -0.15) is 0 Å². The number of hydrogen-bond acceptors (Lipinski definition) is 5. The minimum Gasteiger partial charge on any atom is -0.507 e. The van der Waals surface area contributed by atoms with Crippen molar-refractivity contribution in [3.8, 4) is 5.75 Å². The molecule has 1 N–H and O–H groups in total. The average Bonchev–Trinajstić information content (AvgIpc) is 3.12. The van der Waals surface area contributed by atoms with Gasteiger partial charge in [0.2, 0.25) is 0 Å². The second kappa shape index (κ2) is 11.1. The quantitative estimate of drug-likeness (QED) is 0.157. The van der Waals surface area contributed by atoms with Crippen LogP contribution in [0.3, 0.4) is 0 Å². The van der Waals surface area contributed by atoms with Gasteiger partial charge in [0.15, 0.2) is 0 Å². The van der Waals surface area contributed by atoms with Crippen molar-refractivity contribution in [1.29, 1.82) is 0 Å². The fourth-order valence-electron chi connectivity index (χ4n) is 4.20. The van der Waals surface area contributed by atoms with E-state index in [1.165, 1.54) is 4.90 Å². The summed E-state index contributed by atoms with van der Waals surface area (Å²) >= 11 is 12.4. The number of benzene rings is 2. The third kappa shape index (κ3) is 5.25. The van der Waals surface area contributed by atoms with Crippen LogP contribution in [-0.2, 0) is 16.1 Å². The minimum absolute atomic E-state index is 0.0127. The molecule has 1 aromatic heterocycles. The number of hydrogen-bond donors (Lipinski definition) is 1. The van der Waals surface area contributed by atoms with Gasteiger partial charge in [-0.25, -0.2) is 0 Å². The summed E-state index contributed by atoms with van der Waals surface area (Å²) < 4.78 is 5.81. The molecular formula is C28H26Cl2N2O4. The van der Waals surface area contributed by atoms with E-state index in [4.69, 9.17) is 27.9 Å². The number of unbranched alkanes of at least 4 members (excludes halogenated alkanes) is 1. The molecule has 0 bridgehead atoms. The topological polar surface area (TPSA) is 79.7 Å². The SMILES string of the molecule is CCCCOc1ccc(C(O)=C2C(=O)C(=O)N(Cc3cccnc3)[C@H]2c2ccc(Cl)c(Cl)c2)cc1C. The molecule has 2 heterocycles. The van der Waals surface area contributed by atoms with Gasteiger partial charge in [-0.3, -0.25) is 14.6 Å². The van der Waals surface area contributed by atoms with E-state index in [-0.39, 0.29) is 22.9 Å². The zero-order valence-electron chi connectivity index (χ0n) is 20.0. The largest absolute Gasteiger partial charge is 0.507 e. The molecule has 186 valence electrons. The second-order valence-electron chi connectivity index (χ2n) is 8.64. The smallest absolute Gasteiger partial charge is 0.295 e. The van der Waals surface area contributed by atoms with Crippen LogP contribution >= 0.6 is 23.2 Å². The molecule has 1 aliphatic heterocycles. The van der Waals surface area contributed by atoms with Crippen LogP contribution in [0.5, 0.6) is 5.75 Å². The van der Waals surface area contributed by atoms with Gasteiger partial charge in [0, 0.05) is 24.5 Å². The molecule has 2 aromatic carbocycles. The predicted molar refractivity (Wildman–Crippen MR) is 140 cm³/mol. The first-order valence-corrected chi connectivity index (χ1v) is 12.4. The maximum atomic E-state index is 13.3. The monoisotopic (exact) mass is 524 g/mol. The lowest BCUT2D eigenvalue weighted by molar-refractivity contribution is -0.140. The highest BCUT2D eigenvalue weighted by atomic mass is 35.5. The lowest BCUT2D eigenvalue weighted by atomic mass is 9.94. The molecule has 1 saturated heterocycles. The summed E-state index contributed by atoms with van der Waals surface area (Å²) in [5.74, 6) is -1.04. The van der Waals surface area contributed by atoms with Crippen molar-refractivity contribution in [3.05, 3.63) is 98.8 Å². The van der Waals surface area contributed by atoms with Crippen LogP contribution in [0.4, 0.5) is 0 Å². The molecule has 1 atom stereocenters. The molecule has 0 radical (unpaired) electrons. The third-order valence-corrected chi connectivity index (χ3v) is 6.82. The van der Waals surface area contributed by atoms with Gasteiger partial charge in [0.1, 0.15) is 11.5 Å². The first kappa shape index (κ1) is 25.7. The van der Waals surface area contributed by atoms with Crippen LogP contribution in [0, 0.1) is 6.92 Å². The highest BCUT2D eigenvalue weighted by molar-refractivity contribution is 6.46. The first-order valence-electron chi connectivity index (χ1n) is 11.7. The lowest BCUT2D eigenvalue weighted by Gasteiger charge is -2.25. The minimum atomic E-state index is -0.860. The van der Waals surface area contributed by atoms with Crippen molar-refractivity contribution in [1.82, 2.24) is 9.88 Å². The molecule has 1 amide bonds. The van der Waals surface area contributed by atoms with E-state index in [1.807, 2.05) is 13.0 Å².